The van der Waals surface area contributed by atoms with E-state index in [1.165, 1.54) is 4.90 Å². The third-order valence-corrected chi connectivity index (χ3v) is 5.09. The molecule has 2 saturated heterocycles. The van der Waals surface area contributed by atoms with Crippen molar-refractivity contribution in [3.63, 3.8) is 0 Å². The summed E-state index contributed by atoms with van der Waals surface area (Å²) in [5.74, 6) is 0.0210. The molecule has 1 atom stereocenters. The first-order chi connectivity index (χ1) is 12.0. The van der Waals surface area contributed by atoms with E-state index in [1.807, 2.05) is 29.2 Å². The van der Waals surface area contributed by atoms with Crippen molar-refractivity contribution in [1.29, 1.82) is 0 Å². The van der Waals surface area contributed by atoms with Gasteiger partial charge in [0.25, 0.3) is 0 Å². The van der Waals surface area contributed by atoms with E-state index in [2.05, 4.69) is 0 Å². The molecule has 134 valence electrons. The van der Waals surface area contributed by atoms with Crippen LogP contribution in [0.5, 0.6) is 5.75 Å². The van der Waals surface area contributed by atoms with Gasteiger partial charge in [-0.05, 0) is 43.6 Å². The lowest BCUT2D eigenvalue weighted by atomic mass is 9.95. The first-order valence-electron chi connectivity index (χ1n) is 8.50. The number of nitrogens with two attached hydrogens (primary N) is 1. The van der Waals surface area contributed by atoms with Gasteiger partial charge in [0.05, 0.1) is 26.1 Å². The van der Waals surface area contributed by atoms with Crippen molar-refractivity contribution in [2.24, 2.45) is 11.7 Å². The zero-order valence-electron chi connectivity index (χ0n) is 14.3. The minimum Gasteiger partial charge on any atom is -0.497 e. The van der Waals surface area contributed by atoms with Crippen molar-refractivity contribution in [3.05, 3.63) is 29.8 Å². The maximum Gasteiger partial charge on any atom is 0.247 e. The van der Waals surface area contributed by atoms with Crippen molar-refractivity contribution in [3.8, 4) is 5.75 Å². The van der Waals surface area contributed by atoms with Crippen molar-refractivity contribution >= 4 is 17.7 Å². The highest BCUT2D eigenvalue weighted by Gasteiger charge is 2.42. The topological polar surface area (TPSA) is 92.9 Å². The lowest BCUT2D eigenvalue weighted by molar-refractivity contribution is -0.140. The number of piperidine rings is 1. The molecule has 3 rings (SSSR count). The van der Waals surface area contributed by atoms with Gasteiger partial charge in [-0.25, -0.2) is 0 Å². The summed E-state index contributed by atoms with van der Waals surface area (Å²) >= 11 is 0. The van der Waals surface area contributed by atoms with Crippen LogP contribution in [0, 0.1) is 5.92 Å². The van der Waals surface area contributed by atoms with Crippen LogP contribution in [0.25, 0.3) is 0 Å². The summed E-state index contributed by atoms with van der Waals surface area (Å²) in [5, 5.41) is 0. The van der Waals surface area contributed by atoms with Gasteiger partial charge < -0.3 is 10.5 Å². The molecule has 7 heteroatoms. The number of carbonyl (C=O) groups excluding carboxylic acids is 3. The molecular weight excluding hydrogens is 322 g/mol. The summed E-state index contributed by atoms with van der Waals surface area (Å²) in [6.07, 6.45) is 1.49. The summed E-state index contributed by atoms with van der Waals surface area (Å²) < 4.78 is 5.12. The molecular formula is C18H23N3O4. The molecule has 0 saturated carbocycles. The van der Waals surface area contributed by atoms with Crippen molar-refractivity contribution in [1.82, 2.24) is 9.80 Å². The number of amides is 3. The number of ether oxygens (including phenoxy) is 1. The largest absolute Gasteiger partial charge is 0.497 e. The minimum atomic E-state index is -0.417. The van der Waals surface area contributed by atoms with E-state index < -0.39 is 6.04 Å². The molecule has 25 heavy (non-hydrogen) atoms. The number of benzene rings is 1. The normalized spacial score (nSPS) is 22.4. The number of imide groups is 1. The average Bonchev–Trinajstić information content (AvgIpc) is 2.90. The monoisotopic (exact) mass is 345 g/mol. The Morgan fingerprint density at radius 1 is 1.20 bits per heavy atom. The number of hydrogen-bond donors (Lipinski definition) is 1. The molecule has 1 aromatic rings. The first-order valence-corrected chi connectivity index (χ1v) is 8.50. The molecule has 1 aromatic carbocycles. The van der Waals surface area contributed by atoms with Crippen LogP contribution >= 0.6 is 0 Å². The van der Waals surface area contributed by atoms with Gasteiger partial charge in [-0.1, -0.05) is 12.1 Å². The first kappa shape index (κ1) is 17.4. The van der Waals surface area contributed by atoms with Gasteiger partial charge in [0.1, 0.15) is 5.75 Å². The van der Waals surface area contributed by atoms with Crippen LogP contribution < -0.4 is 10.5 Å². The Labute approximate surface area is 146 Å². The lowest BCUT2D eigenvalue weighted by Crippen LogP contribution is -2.47. The number of hydrogen-bond acceptors (Lipinski definition) is 5. The van der Waals surface area contributed by atoms with Gasteiger partial charge in [0, 0.05) is 5.92 Å². The van der Waals surface area contributed by atoms with Crippen LogP contribution in [0.1, 0.15) is 24.8 Å². The van der Waals surface area contributed by atoms with E-state index >= 15 is 0 Å². The van der Waals surface area contributed by atoms with E-state index in [0.29, 0.717) is 25.9 Å². The fourth-order valence-corrected chi connectivity index (χ4v) is 3.53. The van der Waals surface area contributed by atoms with Gasteiger partial charge in [-0.3, -0.25) is 24.2 Å². The Hall–Kier alpha value is -2.41. The van der Waals surface area contributed by atoms with E-state index in [0.717, 1.165) is 11.3 Å². The Bertz CT molecular complexity index is 665. The standard InChI is InChI=1S/C18H23N3O4/c1-25-14-4-2-12(3-5-14)11-21-16(22)10-15(18(21)24)20-8-6-13(7-9-20)17(19)23/h2-5,13,15H,6-11H2,1H3,(H2,19,23)/t15-/m0/s1. The third kappa shape index (κ3) is 3.66. The smallest absolute Gasteiger partial charge is 0.247 e. The number of methoxy groups -OCH3 is 1. The minimum absolute atomic E-state index is 0.126. The van der Waals surface area contributed by atoms with Crippen LogP contribution in [0.2, 0.25) is 0 Å². The number of carbonyl (C=O) groups is 3. The fourth-order valence-electron chi connectivity index (χ4n) is 3.53. The molecule has 3 amide bonds. The van der Waals surface area contributed by atoms with Crippen LogP contribution in [0.15, 0.2) is 24.3 Å². The molecule has 2 fully saturated rings. The quantitative estimate of drug-likeness (QED) is 0.786. The summed E-state index contributed by atoms with van der Waals surface area (Å²) in [7, 11) is 1.59. The van der Waals surface area contributed by atoms with Gasteiger partial charge in [0.2, 0.25) is 17.7 Å². The predicted octanol–water partition coefficient (Wildman–Crippen LogP) is 0.520. The van der Waals surface area contributed by atoms with Gasteiger partial charge in [-0.2, -0.15) is 0 Å². The van der Waals surface area contributed by atoms with Crippen LogP contribution in [-0.4, -0.2) is 53.8 Å². The van der Waals surface area contributed by atoms with Crippen LogP contribution in [0.3, 0.4) is 0 Å². The summed E-state index contributed by atoms with van der Waals surface area (Å²) in [4.78, 5) is 39.6. The number of likely N-dealkylation sites (tertiary alicyclic amines) is 2. The second-order valence-corrected chi connectivity index (χ2v) is 6.60. The molecule has 2 aliphatic rings. The maximum absolute atomic E-state index is 12.7. The molecule has 0 aromatic heterocycles. The molecule has 2 heterocycles. The Morgan fingerprint density at radius 3 is 2.40 bits per heavy atom. The highest BCUT2D eigenvalue weighted by atomic mass is 16.5. The molecule has 2 N–H and O–H groups in total. The van der Waals surface area contributed by atoms with Crippen molar-refractivity contribution < 1.29 is 19.1 Å². The van der Waals surface area contributed by atoms with Gasteiger partial charge in [0.15, 0.2) is 0 Å². The number of rotatable bonds is 5. The lowest BCUT2D eigenvalue weighted by Gasteiger charge is -2.33. The van der Waals surface area contributed by atoms with Crippen LogP contribution in [0.4, 0.5) is 0 Å². The highest BCUT2D eigenvalue weighted by molar-refractivity contribution is 6.05. The number of nitrogens with zero attached hydrogens (tertiary/aromatic N) is 2. The van der Waals surface area contributed by atoms with E-state index in [1.54, 1.807) is 7.11 Å². The third-order valence-electron chi connectivity index (χ3n) is 5.09. The van der Waals surface area contributed by atoms with Crippen LogP contribution in [-0.2, 0) is 20.9 Å². The van der Waals surface area contributed by atoms with E-state index in [4.69, 9.17) is 10.5 Å². The molecule has 0 radical (unpaired) electrons. The second-order valence-electron chi connectivity index (χ2n) is 6.60. The predicted molar refractivity (Wildman–Crippen MR) is 90.4 cm³/mol. The highest BCUT2D eigenvalue weighted by Crippen LogP contribution is 2.26. The Morgan fingerprint density at radius 2 is 1.84 bits per heavy atom. The zero-order chi connectivity index (χ0) is 18.0. The average molecular weight is 345 g/mol. The summed E-state index contributed by atoms with van der Waals surface area (Å²) in [5.41, 5.74) is 6.23. The fraction of sp³-hybridized carbons (Fsp3) is 0.500. The Kier molecular flexibility index (Phi) is 5.03. The SMILES string of the molecule is COc1ccc(CN2C(=O)C[C@H](N3CCC(C(N)=O)CC3)C2=O)cc1. The maximum atomic E-state index is 12.7. The molecule has 0 spiro atoms. The molecule has 0 unspecified atom stereocenters. The molecule has 0 aliphatic carbocycles. The number of primary amides is 1. The molecule has 2 aliphatic heterocycles. The van der Waals surface area contributed by atoms with Crippen molar-refractivity contribution in [2.75, 3.05) is 20.2 Å². The van der Waals surface area contributed by atoms with E-state index in [9.17, 15) is 14.4 Å². The van der Waals surface area contributed by atoms with Crippen molar-refractivity contribution in [2.45, 2.75) is 31.8 Å². The summed E-state index contributed by atoms with van der Waals surface area (Å²) in [6.45, 7) is 1.51. The van der Waals surface area contributed by atoms with E-state index in [-0.39, 0.29) is 36.6 Å². The summed E-state index contributed by atoms with van der Waals surface area (Å²) in [6, 6.07) is 6.91. The molecule has 7 nitrogen and oxygen atoms in total. The zero-order valence-corrected chi connectivity index (χ0v) is 14.3. The second kappa shape index (κ2) is 7.23. The Balaban J connectivity index is 1.63. The van der Waals surface area contributed by atoms with Gasteiger partial charge >= 0.3 is 0 Å². The van der Waals surface area contributed by atoms with Gasteiger partial charge in [-0.15, -0.1) is 0 Å². The molecule has 0 bridgehead atoms.